The molecule has 0 unspecified atom stereocenters. The van der Waals surface area contributed by atoms with Crippen molar-refractivity contribution in [2.45, 2.75) is 91.9 Å². The number of aliphatic hydroxyl groups is 1. The summed E-state index contributed by atoms with van der Waals surface area (Å²) in [4.78, 5) is 2.05. The Morgan fingerprint density at radius 2 is 0.768 bits per heavy atom. The third kappa shape index (κ3) is 32.7. The minimum Gasteiger partial charge on any atom is -1.00 e. The molecule has 1 radical (unpaired) electrons. The number of ether oxygens (including phenoxy) is 5. The summed E-state index contributed by atoms with van der Waals surface area (Å²) in [5.41, 5.74) is -1.47. The van der Waals surface area contributed by atoms with Crippen molar-refractivity contribution in [3.63, 3.8) is 0 Å². The molecule has 6 heterocycles. The summed E-state index contributed by atoms with van der Waals surface area (Å²) in [7, 11) is 4.34. The minimum absolute atomic E-state index is 0. The van der Waals surface area contributed by atoms with Crippen molar-refractivity contribution in [2.24, 2.45) is 4.30 Å². The van der Waals surface area contributed by atoms with E-state index in [9.17, 15) is 35.1 Å². The average Bonchev–Trinajstić information content (AvgIpc) is 1.53. The Hall–Kier alpha value is -1.77. The van der Waals surface area contributed by atoms with Crippen molar-refractivity contribution in [2.75, 3.05) is 45.0 Å². The molecule has 0 aliphatic heterocycles. The number of thiophene rings is 6. The first-order valence-corrected chi connectivity index (χ1v) is 44.2. The Morgan fingerprint density at radius 1 is 0.473 bits per heavy atom. The number of hydrogen-bond donors (Lipinski definition) is 2. The van der Waals surface area contributed by atoms with Crippen molar-refractivity contribution in [3.8, 4) is 56.6 Å². The Kier molecular flexibility index (Phi) is 57.6. The fraction of sp³-hybridized carbons (Fsp3) is 0.288. The fourth-order valence-corrected chi connectivity index (χ4v) is 16.7. The number of thiol groups is 1. The standard InChI is InChI=1S/C29H22F6O2S2.C12H11BrOS.C6H6Br2OS.C6H5I.C6H8OS.C5F8.C4H3IS.C2H6O.CH2Cl2.2CH4.BHNS.BrH.Cu.Na.H/c1-3-36-25-19(15-21(38-25)17-11-7-5-8-12-17)23-24(28(32,33)29(34,35)27(23,30)31)20-16-22(39-26(20)37-4-2)18-13-9-6-10-14-18;1-2-14-12-10(13)8-11(15-12)9-6-4-3-5-7-9;1-2-9-6-4(7)3-5(8)10-6;7-6-4-2-1-3-5-6;1-2-7-6-4-3-5-8-6;6-1-2(7)4(10,11)5(12,13)3(1,8)9;5-4-2-1-3-6-4;1-2-3;2-1-3;;;1-2-3;;;;/h5-16H,3-4H2,1-2H3;3-8H,2H2,1H3;3H,2H2,1H3;1-5H;3-5H,2H2,1H3;;1-3H;3H,2H2,1H3;1H2;2*1H4;3H;1H;;;/q;;;;;;;;;;;;;2*+1;-1/p-1. The molecule has 1 N–H and O–H groups in total. The summed E-state index contributed by atoms with van der Waals surface area (Å²) in [5, 5.41) is 14.5. The maximum atomic E-state index is 15.6. The van der Waals surface area contributed by atoms with Crippen LogP contribution in [0.4, 0.5) is 61.5 Å². The topological polar surface area (TPSA) is 78.7 Å². The van der Waals surface area contributed by atoms with E-state index < -0.39 is 69.5 Å². The van der Waals surface area contributed by atoms with Gasteiger partial charge in [-0.25, -0.2) is 8.78 Å². The molecule has 617 valence electrons. The molecule has 10 aromatic rings. The van der Waals surface area contributed by atoms with Crippen molar-refractivity contribution in [1.29, 1.82) is 0 Å². The van der Waals surface area contributed by atoms with Crippen molar-refractivity contribution >= 4 is 230 Å². The summed E-state index contributed by atoms with van der Waals surface area (Å²) in [5.74, 6) is -40.6. The molecule has 0 fully saturated rings. The normalized spacial score (nSPS) is 13.9. The van der Waals surface area contributed by atoms with E-state index in [2.05, 4.69) is 188 Å². The van der Waals surface area contributed by atoms with Gasteiger partial charge < -0.3 is 30.2 Å². The van der Waals surface area contributed by atoms with Gasteiger partial charge in [-0.05, 0) is 217 Å². The van der Waals surface area contributed by atoms with Gasteiger partial charge in [0.1, 0.15) is 0 Å². The molecule has 0 saturated carbocycles. The smallest absolute Gasteiger partial charge is 1.00 e. The molecule has 112 heavy (non-hydrogen) atoms. The van der Waals surface area contributed by atoms with Gasteiger partial charge >= 0.3 is 118 Å². The molecular weight excluding hydrogens is 2220 g/mol. The Labute approximate surface area is 776 Å². The maximum absolute atomic E-state index is 15.6. The van der Waals surface area contributed by atoms with Gasteiger partial charge in [-0.1, -0.05) is 175 Å². The van der Waals surface area contributed by atoms with E-state index >= 15 is 26.3 Å². The molecule has 2 aliphatic rings. The van der Waals surface area contributed by atoms with Gasteiger partial charge in [0.2, 0.25) is 11.7 Å². The van der Waals surface area contributed by atoms with E-state index in [0.29, 0.717) is 34.1 Å². The van der Waals surface area contributed by atoms with E-state index in [0.717, 1.165) is 57.2 Å². The zero-order valence-electron chi connectivity index (χ0n) is 59.3. The van der Waals surface area contributed by atoms with Crippen molar-refractivity contribution < 1.29 is 135 Å². The van der Waals surface area contributed by atoms with Gasteiger partial charge in [-0.2, -0.15) is 52.7 Å². The number of benzene rings is 4. The largest absolute Gasteiger partial charge is 1.00 e. The van der Waals surface area contributed by atoms with E-state index in [1.54, 1.807) is 127 Å². The van der Waals surface area contributed by atoms with E-state index in [1.165, 1.54) is 29.0 Å². The van der Waals surface area contributed by atoms with Crippen LogP contribution < -0.4 is 53.2 Å². The van der Waals surface area contributed by atoms with Crippen LogP contribution in [-0.2, 0) is 14.2 Å². The molecule has 4 aromatic carbocycles. The number of rotatable bonds is 15. The molecule has 0 saturated heterocycles. The van der Waals surface area contributed by atoms with Crippen LogP contribution in [0.3, 0.4) is 0 Å². The molecule has 0 bridgehead atoms. The molecule has 0 amide bonds. The fourth-order valence-electron chi connectivity index (χ4n) is 8.29. The molecule has 7 nitrogen and oxygen atoms in total. The first-order chi connectivity index (χ1) is 51.6. The monoisotopic (exact) mass is 2290 g/mol. The number of allylic oxidation sites excluding steroid dienone is 4. The zero-order valence-corrected chi connectivity index (χ0v) is 79.2. The number of halogens is 22. The molecular formula is C73H73BBr4Cl2CuF14I2NNaO6S7. The van der Waals surface area contributed by atoms with Gasteiger partial charge in [0.05, 0.1) is 54.0 Å². The van der Waals surface area contributed by atoms with Crippen LogP contribution in [0.5, 0.6) is 25.3 Å². The molecule has 0 spiro atoms. The first-order valence-electron chi connectivity index (χ1n) is 30.8. The number of aliphatic hydroxyl groups excluding tert-OH is 1. The van der Waals surface area contributed by atoms with E-state index in [-0.39, 0.29) is 81.1 Å². The predicted octanol–water partition coefficient (Wildman–Crippen LogP) is 28.7. The van der Waals surface area contributed by atoms with Crippen LogP contribution in [0.25, 0.3) is 42.5 Å². The van der Waals surface area contributed by atoms with Gasteiger partial charge in [0, 0.05) is 47.1 Å². The van der Waals surface area contributed by atoms with Gasteiger partial charge in [-0.15, -0.1) is 45.9 Å². The number of nitrogens with zero attached hydrogens (tertiary/aromatic N) is 1. The molecule has 39 heteroatoms. The molecule has 2 aliphatic carbocycles. The number of alkyl halides is 14. The first kappa shape index (κ1) is 112. The molecule has 6 aromatic heterocycles. The Bertz CT molecular complexity index is 4150. The van der Waals surface area contributed by atoms with Gasteiger partial charge in [-0.3, -0.25) is 0 Å². The zero-order chi connectivity index (χ0) is 82.3. The van der Waals surface area contributed by atoms with Crippen molar-refractivity contribution in [1.82, 2.24) is 0 Å². The predicted molar refractivity (Wildman–Crippen MR) is 469 cm³/mol. The van der Waals surface area contributed by atoms with Crippen LogP contribution in [0.2, 0.25) is 0 Å². The molecule has 0 atom stereocenters. The summed E-state index contributed by atoms with van der Waals surface area (Å²) >= 11 is 42.5. The molecule has 12 rings (SSSR count). The van der Waals surface area contributed by atoms with Crippen LogP contribution >= 0.6 is 211 Å². The van der Waals surface area contributed by atoms with E-state index in [1.807, 2.05) is 86.8 Å². The van der Waals surface area contributed by atoms with Crippen LogP contribution in [-0.4, -0.2) is 93.3 Å². The van der Waals surface area contributed by atoms with Gasteiger partial charge in [0.15, 0.2) is 25.3 Å². The van der Waals surface area contributed by atoms with E-state index in [4.69, 9.17) is 52.0 Å². The second-order valence-electron chi connectivity index (χ2n) is 19.8. The number of hydrogen-bond acceptors (Lipinski definition) is 14. The van der Waals surface area contributed by atoms with Crippen LogP contribution in [0.1, 0.15) is 68.9 Å². The Morgan fingerprint density at radius 3 is 1.03 bits per heavy atom. The summed E-state index contributed by atoms with van der Waals surface area (Å²) in [6.45, 7) is 13.3. The van der Waals surface area contributed by atoms with Gasteiger partial charge in [0.25, 0.3) is 0 Å². The van der Waals surface area contributed by atoms with Crippen LogP contribution in [0.15, 0.2) is 209 Å². The second kappa shape index (κ2) is 57.5. The Balaban J connectivity index is -0.00000136. The third-order valence-corrected chi connectivity index (χ3v) is 22.5. The van der Waals surface area contributed by atoms with Crippen LogP contribution in [0, 0.1) is 6.45 Å². The third-order valence-electron chi connectivity index (χ3n) is 12.7. The SMILES string of the molecule is C.C.CCO.CCOc1cccs1.CCOc1sc(-c2ccccc2)cc1Br.CCOc1sc(-c2ccccc2)cc1C1=C(c2cc(-c3ccccc3)sc2OCC)C(F)(F)C(F)(F)C1(F)F.CCOc1sc(Br)cc1Br.ClCCl.FC1=C(F)C(F)(F)C(F)(F)C1(F)F.Ic1ccccc1.Ic1cccs1.[B]=NS.[Cu][Br].[H-].[Na+]. The summed E-state index contributed by atoms with van der Waals surface area (Å²) in [6.07, 6.45) is 0. The quantitative estimate of drug-likeness (QED) is 0.0350. The second-order valence-corrected chi connectivity index (χ2v) is 33.0. The summed E-state index contributed by atoms with van der Waals surface area (Å²) < 4.78 is 224. The maximum Gasteiger partial charge on any atom is 1.00 e. The van der Waals surface area contributed by atoms with Crippen molar-refractivity contribution in [3.05, 3.63) is 223 Å². The average molecular weight is 2290 g/mol. The minimum atomic E-state index is -6.06. The summed E-state index contributed by atoms with van der Waals surface area (Å²) in [6, 6.07) is 52.3.